The summed E-state index contributed by atoms with van der Waals surface area (Å²) >= 11 is 0. The number of nitrogens with one attached hydrogen (secondary N) is 1. The number of aliphatic hydroxyl groups excluding tert-OH is 2. The van der Waals surface area contributed by atoms with Gasteiger partial charge in [0.1, 0.15) is 6.10 Å². The number of hydrogen-bond acceptors (Lipinski definition) is 5. The fourth-order valence-electron chi connectivity index (χ4n) is 5.15. The van der Waals surface area contributed by atoms with Crippen LogP contribution in [0, 0.1) is 0 Å². The molecule has 1 amide bonds. The van der Waals surface area contributed by atoms with Crippen molar-refractivity contribution in [1.29, 1.82) is 0 Å². The van der Waals surface area contributed by atoms with Crippen LogP contribution in [0.4, 0.5) is 0 Å². The maximum absolute atomic E-state index is 12.5. The third-order valence-corrected chi connectivity index (χ3v) is 8.61. The number of carbonyl (C=O) groups is 1. The Hall–Kier alpha value is -0.960. The monoisotopic (exact) mass is 603 g/mol. The van der Waals surface area contributed by atoms with Gasteiger partial charge in [-0.25, -0.2) is 0 Å². The molecule has 0 aliphatic heterocycles. The SMILES string of the molecule is CCCC/C=C\CCCCCC(O)C(=O)NC(CS(=O)(=O)O)C(O)CCCCCCCCCCCCCCCCC. The van der Waals surface area contributed by atoms with Gasteiger partial charge in [-0.2, -0.15) is 8.42 Å². The van der Waals surface area contributed by atoms with Gasteiger partial charge in [-0.1, -0.05) is 148 Å². The molecule has 0 fully saturated rings. The minimum Gasteiger partial charge on any atom is -0.391 e. The Kier molecular flexibility index (Phi) is 27.2. The third-order valence-electron chi connectivity index (χ3n) is 7.83. The van der Waals surface area contributed by atoms with Crippen LogP contribution in [0.15, 0.2) is 12.2 Å². The lowest BCUT2D eigenvalue weighted by atomic mass is 10.0. The normalized spacial score (nSPS) is 14.4. The van der Waals surface area contributed by atoms with Gasteiger partial charge < -0.3 is 15.5 Å². The zero-order valence-electron chi connectivity index (χ0n) is 26.5. The summed E-state index contributed by atoms with van der Waals surface area (Å²) in [5.74, 6) is -1.47. The van der Waals surface area contributed by atoms with Crippen LogP contribution in [-0.4, -0.2) is 53.1 Å². The Bertz CT molecular complexity index is 727. The molecule has 0 spiro atoms. The van der Waals surface area contributed by atoms with Gasteiger partial charge in [0.2, 0.25) is 5.91 Å². The molecular weight excluding hydrogens is 538 g/mol. The van der Waals surface area contributed by atoms with Gasteiger partial charge in [0.25, 0.3) is 10.1 Å². The van der Waals surface area contributed by atoms with Crippen LogP contribution in [0.3, 0.4) is 0 Å². The minimum atomic E-state index is -4.40. The van der Waals surface area contributed by atoms with Crippen molar-refractivity contribution in [3.8, 4) is 0 Å². The topological polar surface area (TPSA) is 124 Å². The fourth-order valence-corrected chi connectivity index (χ4v) is 5.91. The smallest absolute Gasteiger partial charge is 0.266 e. The first-order chi connectivity index (χ1) is 19.7. The highest BCUT2D eigenvalue weighted by molar-refractivity contribution is 7.85. The van der Waals surface area contributed by atoms with Crippen LogP contribution in [-0.2, 0) is 14.9 Å². The number of carbonyl (C=O) groups excluding carboxylic acids is 1. The number of hydrogen-bond donors (Lipinski definition) is 4. The Morgan fingerprint density at radius 3 is 1.54 bits per heavy atom. The molecule has 0 bridgehead atoms. The zero-order valence-corrected chi connectivity index (χ0v) is 27.4. The molecule has 0 aromatic rings. The van der Waals surface area contributed by atoms with Gasteiger partial charge >= 0.3 is 0 Å². The number of amides is 1. The molecule has 244 valence electrons. The van der Waals surface area contributed by atoms with E-state index in [1.807, 2.05) is 0 Å². The first kappa shape index (κ1) is 40.0. The van der Waals surface area contributed by atoms with E-state index in [1.165, 1.54) is 83.5 Å². The largest absolute Gasteiger partial charge is 0.391 e. The maximum Gasteiger partial charge on any atom is 0.266 e. The molecule has 0 aliphatic rings. The van der Waals surface area contributed by atoms with Gasteiger partial charge in [0.05, 0.1) is 17.9 Å². The van der Waals surface area contributed by atoms with E-state index in [4.69, 9.17) is 0 Å². The molecule has 0 saturated carbocycles. The Labute approximate surface area is 253 Å². The molecule has 0 aromatic heterocycles. The minimum absolute atomic E-state index is 0.277. The molecule has 3 atom stereocenters. The van der Waals surface area contributed by atoms with E-state index in [0.29, 0.717) is 19.3 Å². The summed E-state index contributed by atoms with van der Waals surface area (Å²) in [5.41, 5.74) is 0. The van der Waals surface area contributed by atoms with E-state index in [-0.39, 0.29) is 6.42 Å². The van der Waals surface area contributed by atoms with E-state index in [1.54, 1.807) is 0 Å². The maximum atomic E-state index is 12.5. The molecule has 0 rings (SSSR count). The highest BCUT2D eigenvalue weighted by Crippen LogP contribution is 2.15. The van der Waals surface area contributed by atoms with Crippen LogP contribution in [0.1, 0.15) is 168 Å². The third kappa shape index (κ3) is 27.6. The van der Waals surface area contributed by atoms with E-state index < -0.39 is 40.0 Å². The highest BCUT2D eigenvalue weighted by Gasteiger charge is 2.28. The van der Waals surface area contributed by atoms with Crippen molar-refractivity contribution < 1.29 is 28.0 Å². The summed E-state index contributed by atoms with van der Waals surface area (Å²) in [7, 11) is -4.40. The number of allylic oxidation sites excluding steroid dienone is 2. The van der Waals surface area contributed by atoms with E-state index in [0.717, 1.165) is 44.9 Å². The fraction of sp³-hybridized carbons (Fsp3) is 0.909. The standard InChI is InChI=1S/C33H65NO6S/c1-3-5-7-9-11-13-14-15-16-17-18-20-21-23-25-27-31(35)30(29-41(38,39)40)34-33(37)32(36)28-26-24-22-19-12-10-8-6-4-2/h10,12,30-32,35-36H,3-9,11,13-29H2,1-2H3,(H,34,37)(H,38,39,40)/b12-10-. The van der Waals surface area contributed by atoms with Crippen LogP contribution in [0.25, 0.3) is 0 Å². The molecule has 4 N–H and O–H groups in total. The molecule has 0 radical (unpaired) electrons. The van der Waals surface area contributed by atoms with Gasteiger partial charge in [0.15, 0.2) is 0 Å². The van der Waals surface area contributed by atoms with Gasteiger partial charge in [-0.05, 0) is 32.1 Å². The number of unbranched alkanes of at least 4 members (excludes halogenated alkanes) is 19. The van der Waals surface area contributed by atoms with Crippen LogP contribution in [0.5, 0.6) is 0 Å². The molecule has 3 unspecified atom stereocenters. The van der Waals surface area contributed by atoms with Crippen LogP contribution < -0.4 is 5.32 Å². The molecule has 8 heteroatoms. The lowest BCUT2D eigenvalue weighted by Gasteiger charge is -2.24. The second-order valence-corrected chi connectivity index (χ2v) is 13.4. The average Bonchev–Trinajstić information content (AvgIpc) is 2.92. The summed E-state index contributed by atoms with van der Waals surface area (Å²) in [6, 6.07) is -1.15. The van der Waals surface area contributed by atoms with Crippen molar-refractivity contribution in [3.05, 3.63) is 12.2 Å². The van der Waals surface area contributed by atoms with Gasteiger partial charge in [-0.3, -0.25) is 9.35 Å². The first-order valence-corrected chi connectivity index (χ1v) is 18.6. The van der Waals surface area contributed by atoms with E-state index in [9.17, 15) is 28.0 Å². The van der Waals surface area contributed by atoms with Crippen molar-refractivity contribution in [1.82, 2.24) is 5.32 Å². The molecule has 7 nitrogen and oxygen atoms in total. The van der Waals surface area contributed by atoms with Gasteiger partial charge in [0, 0.05) is 0 Å². The predicted molar refractivity (Wildman–Crippen MR) is 172 cm³/mol. The second kappa shape index (κ2) is 27.8. The molecular formula is C33H65NO6S. The van der Waals surface area contributed by atoms with Crippen LogP contribution >= 0.6 is 0 Å². The Morgan fingerprint density at radius 1 is 0.634 bits per heavy atom. The second-order valence-electron chi connectivity index (χ2n) is 11.9. The van der Waals surface area contributed by atoms with Crippen molar-refractivity contribution in [2.75, 3.05) is 5.75 Å². The lowest BCUT2D eigenvalue weighted by molar-refractivity contribution is -0.131. The van der Waals surface area contributed by atoms with Crippen molar-refractivity contribution in [3.63, 3.8) is 0 Å². The van der Waals surface area contributed by atoms with Gasteiger partial charge in [-0.15, -0.1) is 0 Å². The van der Waals surface area contributed by atoms with E-state index >= 15 is 0 Å². The Morgan fingerprint density at radius 2 is 1.05 bits per heavy atom. The lowest BCUT2D eigenvalue weighted by Crippen LogP contribution is -2.50. The number of aliphatic hydroxyl groups is 2. The summed E-state index contributed by atoms with van der Waals surface area (Å²) in [5, 5.41) is 23.3. The number of rotatable bonds is 30. The summed E-state index contributed by atoms with van der Waals surface area (Å²) in [6.45, 7) is 4.42. The van der Waals surface area contributed by atoms with Crippen molar-refractivity contribution >= 4 is 16.0 Å². The van der Waals surface area contributed by atoms with Crippen LogP contribution in [0.2, 0.25) is 0 Å². The molecule has 0 aliphatic carbocycles. The average molecular weight is 604 g/mol. The first-order valence-electron chi connectivity index (χ1n) is 17.0. The predicted octanol–water partition coefficient (Wildman–Crippen LogP) is 8.04. The highest BCUT2D eigenvalue weighted by atomic mass is 32.2. The summed E-state index contributed by atoms with van der Waals surface area (Å²) < 4.78 is 32.3. The zero-order chi connectivity index (χ0) is 30.6. The van der Waals surface area contributed by atoms with Crippen molar-refractivity contribution in [2.45, 2.75) is 186 Å². The summed E-state index contributed by atoms with van der Waals surface area (Å²) in [6.07, 6.45) is 28.1. The quantitative estimate of drug-likeness (QED) is 0.0374. The van der Waals surface area contributed by atoms with Crippen molar-refractivity contribution in [2.24, 2.45) is 0 Å². The molecule has 41 heavy (non-hydrogen) atoms. The Balaban J connectivity index is 4.09. The van der Waals surface area contributed by atoms with E-state index in [2.05, 4.69) is 31.3 Å². The molecule has 0 aromatic carbocycles. The molecule has 0 saturated heterocycles. The summed E-state index contributed by atoms with van der Waals surface area (Å²) in [4.78, 5) is 12.5. The molecule has 0 heterocycles.